The largest absolute Gasteiger partial charge is 0.462 e. The molecule has 0 bridgehead atoms. The van der Waals surface area contributed by atoms with Crippen molar-refractivity contribution in [3.05, 3.63) is 51.5 Å². The van der Waals surface area contributed by atoms with Crippen LogP contribution in [0.2, 0.25) is 0 Å². The van der Waals surface area contributed by atoms with Gasteiger partial charge in [0.05, 0.1) is 31.0 Å². The lowest BCUT2D eigenvalue weighted by atomic mass is 10.1. The Bertz CT molecular complexity index is 754. The Labute approximate surface area is 165 Å². The number of esters is 1. The summed E-state index contributed by atoms with van der Waals surface area (Å²) in [5.41, 5.74) is 2.70. The number of aromatic nitrogens is 1. The van der Waals surface area contributed by atoms with Crippen LogP contribution in [0.4, 0.5) is 0 Å². The van der Waals surface area contributed by atoms with Crippen molar-refractivity contribution in [2.45, 2.75) is 46.7 Å². The molecule has 7 heteroatoms. The number of hydrogen-bond donors (Lipinski definition) is 2. The molecule has 0 aliphatic heterocycles. The van der Waals surface area contributed by atoms with Gasteiger partial charge in [-0.2, -0.15) is 0 Å². The maximum absolute atomic E-state index is 11.7. The van der Waals surface area contributed by atoms with E-state index in [1.54, 1.807) is 30.4 Å². The average Bonchev–Trinajstić information content (AvgIpc) is 3.14. The van der Waals surface area contributed by atoms with E-state index in [1.165, 1.54) is 0 Å². The van der Waals surface area contributed by atoms with E-state index in [9.17, 15) is 4.79 Å². The number of ether oxygens (including phenoxy) is 1. The van der Waals surface area contributed by atoms with Gasteiger partial charge >= 0.3 is 5.97 Å². The Morgan fingerprint density at radius 2 is 1.96 bits per heavy atom. The number of thiazole rings is 1. The van der Waals surface area contributed by atoms with Crippen LogP contribution in [0.1, 0.15) is 60.2 Å². The molecule has 0 atom stereocenters. The van der Waals surface area contributed by atoms with E-state index in [0.717, 1.165) is 28.8 Å². The summed E-state index contributed by atoms with van der Waals surface area (Å²) in [6.45, 7) is 10.4. The second-order valence-electron chi connectivity index (χ2n) is 6.29. The molecule has 6 nitrogen and oxygen atoms in total. The monoisotopic (exact) mass is 388 g/mol. The molecule has 1 aromatic heterocycles. The van der Waals surface area contributed by atoms with Crippen LogP contribution in [0.25, 0.3) is 0 Å². The van der Waals surface area contributed by atoms with Gasteiger partial charge in [-0.25, -0.2) is 14.8 Å². The van der Waals surface area contributed by atoms with Gasteiger partial charge in [0, 0.05) is 11.9 Å². The summed E-state index contributed by atoms with van der Waals surface area (Å²) in [7, 11) is 0. The van der Waals surface area contributed by atoms with Gasteiger partial charge in [0.25, 0.3) is 0 Å². The lowest BCUT2D eigenvalue weighted by Crippen LogP contribution is -2.36. The second-order valence-corrected chi connectivity index (χ2v) is 7.23. The molecule has 27 heavy (non-hydrogen) atoms. The SMILES string of the molecule is CCNC(=NCc1ccc(C(=O)OCC)cc1)NCc1nc(C(C)C)cs1. The Hall–Kier alpha value is -2.41. The number of guanidine groups is 1. The molecule has 0 amide bonds. The molecule has 0 radical (unpaired) electrons. The molecule has 146 valence electrons. The van der Waals surface area contributed by atoms with Crippen LogP contribution in [0.15, 0.2) is 34.6 Å². The fraction of sp³-hybridized carbons (Fsp3) is 0.450. The van der Waals surface area contributed by atoms with Crippen LogP contribution in [-0.4, -0.2) is 30.1 Å². The summed E-state index contributed by atoms with van der Waals surface area (Å²) in [5.74, 6) is 0.884. The van der Waals surface area contributed by atoms with E-state index in [4.69, 9.17) is 4.74 Å². The maximum atomic E-state index is 11.7. The third-order valence-electron chi connectivity index (χ3n) is 3.80. The number of benzene rings is 1. The summed E-state index contributed by atoms with van der Waals surface area (Å²) in [6.07, 6.45) is 0. The number of carbonyl (C=O) groups excluding carboxylic acids is 1. The molecular formula is C20H28N4O2S. The van der Waals surface area contributed by atoms with Crippen molar-refractivity contribution in [1.29, 1.82) is 0 Å². The molecule has 0 saturated heterocycles. The Morgan fingerprint density at radius 1 is 1.22 bits per heavy atom. The van der Waals surface area contributed by atoms with Crippen LogP contribution >= 0.6 is 11.3 Å². The van der Waals surface area contributed by atoms with Crippen molar-refractivity contribution in [3.63, 3.8) is 0 Å². The van der Waals surface area contributed by atoms with Crippen LogP contribution in [-0.2, 0) is 17.8 Å². The van der Waals surface area contributed by atoms with E-state index >= 15 is 0 Å². The molecule has 2 N–H and O–H groups in total. The summed E-state index contributed by atoms with van der Waals surface area (Å²) < 4.78 is 5.00. The van der Waals surface area contributed by atoms with E-state index in [1.807, 2.05) is 19.1 Å². The van der Waals surface area contributed by atoms with Crippen molar-refractivity contribution in [2.24, 2.45) is 4.99 Å². The quantitative estimate of drug-likeness (QED) is 0.410. The highest BCUT2D eigenvalue weighted by Crippen LogP contribution is 2.17. The Balaban J connectivity index is 1.94. The lowest BCUT2D eigenvalue weighted by Gasteiger charge is -2.10. The Morgan fingerprint density at radius 3 is 2.56 bits per heavy atom. The first-order valence-corrected chi connectivity index (χ1v) is 10.1. The molecule has 2 aromatic rings. The first-order valence-electron chi connectivity index (χ1n) is 9.26. The lowest BCUT2D eigenvalue weighted by molar-refractivity contribution is 0.0526. The highest BCUT2D eigenvalue weighted by Gasteiger charge is 2.07. The molecule has 0 unspecified atom stereocenters. The second kappa shape index (κ2) is 10.7. The molecule has 1 aromatic carbocycles. The highest BCUT2D eigenvalue weighted by atomic mass is 32.1. The minimum absolute atomic E-state index is 0.299. The zero-order chi connectivity index (χ0) is 19.6. The van der Waals surface area contributed by atoms with Gasteiger partial charge in [-0.15, -0.1) is 11.3 Å². The van der Waals surface area contributed by atoms with Crippen molar-refractivity contribution in [3.8, 4) is 0 Å². The van der Waals surface area contributed by atoms with E-state index in [2.05, 4.69) is 39.8 Å². The molecule has 2 rings (SSSR count). The van der Waals surface area contributed by atoms with Gasteiger partial charge in [0.2, 0.25) is 0 Å². The van der Waals surface area contributed by atoms with Crippen LogP contribution in [0.3, 0.4) is 0 Å². The average molecular weight is 389 g/mol. The molecule has 0 aliphatic rings. The van der Waals surface area contributed by atoms with Gasteiger partial charge in [-0.05, 0) is 37.5 Å². The number of rotatable bonds is 8. The third kappa shape index (κ3) is 6.67. The smallest absolute Gasteiger partial charge is 0.338 e. The van der Waals surface area contributed by atoms with Crippen molar-refractivity contribution in [1.82, 2.24) is 15.6 Å². The van der Waals surface area contributed by atoms with Crippen LogP contribution in [0.5, 0.6) is 0 Å². The molecule has 0 saturated carbocycles. The number of carbonyl (C=O) groups is 1. The standard InChI is InChI=1S/C20H28N4O2S/c1-5-21-20(23-12-18-24-17(13-27-18)14(3)4)22-11-15-7-9-16(10-8-15)19(25)26-6-2/h7-10,13-14H,5-6,11-12H2,1-4H3,(H2,21,22,23). The van der Waals surface area contributed by atoms with E-state index in [-0.39, 0.29) is 5.97 Å². The first-order chi connectivity index (χ1) is 13.0. The van der Waals surface area contributed by atoms with Gasteiger partial charge in [-0.1, -0.05) is 26.0 Å². The fourth-order valence-corrected chi connectivity index (χ4v) is 3.20. The molecule has 0 fully saturated rings. The predicted octanol–water partition coefficient (Wildman–Crippen LogP) is 3.70. The summed E-state index contributed by atoms with van der Waals surface area (Å²) in [6, 6.07) is 7.34. The maximum Gasteiger partial charge on any atom is 0.338 e. The normalized spacial score (nSPS) is 11.5. The number of nitrogens with one attached hydrogen (secondary N) is 2. The highest BCUT2D eigenvalue weighted by molar-refractivity contribution is 7.09. The van der Waals surface area contributed by atoms with Crippen LogP contribution < -0.4 is 10.6 Å². The summed E-state index contributed by atoms with van der Waals surface area (Å²) in [4.78, 5) is 20.9. The van der Waals surface area contributed by atoms with Crippen molar-refractivity contribution in [2.75, 3.05) is 13.2 Å². The molecular weight excluding hydrogens is 360 g/mol. The van der Waals surface area contributed by atoms with Crippen molar-refractivity contribution < 1.29 is 9.53 Å². The topological polar surface area (TPSA) is 75.6 Å². The zero-order valence-corrected chi connectivity index (χ0v) is 17.2. The molecule has 0 aliphatic carbocycles. The zero-order valence-electron chi connectivity index (χ0n) is 16.4. The van der Waals surface area contributed by atoms with Gasteiger partial charge < -0.3 is 15.4 Å². The van der Waals surface area contributed by atoms with Crippen molar-refractivity contribution >= 4 is 23.3 Å². The Kier molecular flexibility index (Phi) is 8.26. The molecule has 0 spiro atoms. The van der Waals surface area contributed by atoms with Crippen LogP contribution in [0, 0.1) is 0 Å². The fourth-order valence-electron chi connectivity index (χ4n) is 2.30. The van der Waals surface area contributed by atoms with Gasteiger partial charge in [0.15, 0.2) is 5.96 Å². The minimum atomic E-state index is -0.299. The number of hydrogen-bond acceptors (Lipinski definition) is 5. The predicted molar refractivity (Wildman–Crippen MR) is 110 cm³/mol. The minimum Gasteiger partial charge on any atom is -0.462 e. The van der Waals surface area contributed by atoms with Gasteiger partial charge in [-0.3, -0.25) is 0 Å². The number of aliphatic imine (C=N–C) groups is 1. The van der Waals surface area contributed by atoms with Gasteiger partial charge in [0.1, 0.15) is 5.01 Å². The van der Waals surface area contributed by atoms with E-state index in [0.29, 0.717) is 31.2 Å². The summed E-state index contributed by atoms with van der Waals surface area (Å²) in [5, 5.41) is 9.71. The first kappa shape index (κ1) is 20.9. The van der Waals surface area contributed by atoms with E-state index < -0.39 is 0 Å². The number of nitrogens with zero attached hydrogens (tertiary/aromatic N) is 2. The molecule has 1 heterocycles. The summed E-state index contributed by atoms with van der Waals surface area (Å²) >= 11 is 1.66. The third-order valence-corrected chi connectivity index (χ3v) is 4.66.